The van der Waals surface area contributed by atoms with Crippen LogP contribution in [0.15, 0.2) is 59.6 Å². The van der Waals surface area contributed by atoms with Gasteiger partial charge >= 0.3 is 5.97 Å². The first-order valence-electron chi connectivity index (χ1n) is 11.1. The number of nitrogens with zero attached hydrogens (tertiary/aromatic N) is 3. The fourth-order valence-corrected chi connectivity index (χ4v) is 4.31. The molecule has 1 atom stereocenters. The average Bonchev–Trinajstić information content (AvgIpc) is 3.15. The van der Waals surface area contributed by atoms with Crippen molar-refractivity contribution in [1.82, 2.24) is 4.90 Å². The number of guanidine groups is 1. The number of ether oxygens (including phenoxy) is 2. The van der Waals surface area contributed by atoms with Gasteiger partial charge in [0.05, 0.1) is 25.3 Å². The lowest BCUT2D eigenvalue weighted by atomic mass is 9.97. The van der Waals surface area contributed by atoms with Crippen molar-refractivity contribution in [2.24, 2.45) is 10.9 Å². The van der Waals surface area contributed by atoms with Gasteiger partial charge in [-0.3, -0.25) is 9.59 Å². The molecular weight excluding hydrogens is 406 g/mol. The predicted octanol–water partition coefficient (Wildman–Crippen LogP) is 3.28. The zero-order chi connectivity index (χ0) is 22.5. The molecule has 2 heterocycles. The number of esters is 1. The van der Waals surface area contributed by atoms with E-state index < -0.39 is 6.04 Å². The number of hydrogen-bond donors (Lipinski definition) is 0. The molecule has 2 aromatic carbocycles. The Hall–Kier alpha value is -3.35. The van der Waals surface area contributed by atoms with Gasteiger partial charge in [0.1, 0.15) is 11.8 Å². The molecule has 7 nitrogen and oxygen atoms in total. The summed E-state index contributed by atoms with van der Waals surface area (Å²) in [4.78, 5) is 34.3. The minimum atomic E-state index is -0.500. The van der Waals surface area contributed by atoms with Crippen molar-refractivity contribution in [2.45, 2.75) is 32.2 Å². The Morgan fingerprint density at radius 1 is 1.06 bits per heavy atom. The number of carbonyl (C=O) groups excluding carboxylic acids is 2. The minimum absolute atomic E-state index is 0.0686. The number of rotatable bonds is 6. The SMILES string of the molecule is CCOC(=O)C1CCN(C2=NC(Cc3ccccc3)C(=O)N2c2ccccc2OC)CC1. The Morgan fingerprint density at radius 2 is 1.75 bits per heavy atom. The van der Waals surface area contributed by atoms with E-state index in [1.54, 1.807) is 12.0 Å². The van der Waals surface area contributed by atoms with Crippen molar-refractivity contribution in [3.63, 3.8) is 0 Å². The third-order valence-corrected chi connectivity index (χ3v) is 5.97. The molecule has 0 aliphatic carbocycles. The van der Waals surface area contributed by atoms with Crippen LogP contribution in [0.3, 0.4) is 0 Å². The first kappa shape index (κ1) is 21.9. The molecule has 168 valence electrons. The monoisotopic (exact) mass is 435 g/mol. The smallest absolute Gasteiger partial charge is 0.309 e. The summed E-state index contributed by atoms with van der Waals surface area (Å²) in [6.45, 7) is 3.49. The summed E-state index contributed by atoms with van der Waals surface area (Å²) in [7, 11) is 1.60. The predicted molar refractivity (Wildman–Crippen MR) is 123 cm³/mol. The summed E-state index contributed by atoms with van der Waals surface area (Å²) in [5.41, 5.74) is 1.75. The van der Waals surface area contributed by atoms with Gasteiger partial charge in [-0.1, -0.05) is 42.5 Å². The number of amides is 1. The Balaban J connectivity index is 1.60. The molecule has 0 spiro atoms. The number of hydrogen-bond acceptors (Lipinski definition) is 6. The van der Waals surface area contributed by atoms with E-state index in [2.05, 4.69) is 4.90 Å². The lowest BCUT2D eigenvalue weighted by molar-refractivity contribution is -0.149. The second kappa shape index (κ2) is 9.85. The Morgan fingerprint density at radius 3 is 2.44 bits per heavy atom. The van der Waals surface area contributed by atoms with Crippen LogP contribution in [0, 0.1) is 5.92 Å². The number of likely N-dealkylation sites (tertiary alicyclic amines) is 1. The molecule has 4 rings (SSSR count). The Labute approximate surface area is 188 Å². The summed E-state index contributed by atoms with van der Waals surface area (Å²) in [6, 6.07) is 16.9. The summed E-state index contributed by atoms with van der Waals surface area (Å²) in [5, 5.41) is 0. The van der Waals surface area contributed by atoms with Crippen LogP contribution in [0.1, 0.15) is 25.3 Å². The van der Waals surface area contributed by atoms with Gasteiger partial charge in [-0.15, -0.1) is 0 Å². The third kappa shape index (κ3) is 4.47. The maximum atomic E-state index is 13.5. The first-order valence-corrected chi connectivity index (χ1v) is 11.1. The van der Waals surface area contributed by atoms with E-state index in [1.165, 1.54) is 0 Å². The van der Waals surface area contributed by atoms with Crippen LogP contribution in [0.25, 0.3) is 0 Å². The molecule has 0 N–H and O–H groups in total. The van der Waals surface area contributed by atoms with Crippen molar-refractivity contribution < 1.29 is 19.1 Å². The van der Waals surface area contributed by atoms with Gasteiger partial charge < -0.3 is 14.4 Å². The fraction of sp³-hybridized carbons (Fsp3) is 0.400. The second-order valence-corrected chi connectivity index (χ2v) is 7.99. The Bertz CT molecular complexity index is 984. The quantitative estimate of drug-likeness (QED) is 0.651. The van der Waals surface area contributed by atoms with Gasteiger partial charge in [-0.25, -0.2) is 9.89 Å². The molecule has 0 bridgehead atoms. The summed E-state index contributed by atoms with van der Waals surface area (Å²) in [5.74, 6) is 0.933. The van der Waals surface area contributed by atoms with Crippen molar-refractivity contribution in [3.05, 3.63) is 60.2 Å². The maximum Gasteiger partial charge on any atom is 0.309 e. The molecule has 7 heteroatoms. The minimum Gasteiger partial charge on any atom is -0.495 e. The molecule has 2 aliphatic rings. The van der Waals surface area contributed by atoms with E-state index >= 15 is 0 Å². The zero-order valence-corrected chi connectivity index (χ0v) is 18.6. The van der Waals surface area contributed by atoms with Crippen molar-refractivity contribution in [2.75, 3.05) is 31.7 Å². The van der Waals surface area contributed by atoms with Gasteiger partial charge in [-0.05, 0) is 37.5 Å². The number of benzene rings is 2. The van der Waals surface area contributed by atoms with E-state index in [9.17, 15) is 9.59 Å². The molecule has 0 saturated carbocycles. The summed E-state index contributed by atoms with van der Waals surface area (Å²) in [6.07, 6.45) is 1.89. The molecule has 0 radical (unpaired) electrons. The standard InChI is InChI=1S/C25H29N3O4/c1-3-32-24(30)19-13-15-27(16-14-19)25-26-20(17-18-9-5-4-6-10-18)23(29)28(25)21-11-7-8-12-22(21)31-2/h4-12,19-20H,3,13-17H2,1-2H3. The topological polar surface area (TPSA) is 71.4 Å². The number of aliphatic imine (C=N–C) groups is 1. The largest absolute Gasteiger partial charge is 0.495 e. The number of anilines is 1. The molecule has 32 heavy (non-hydrogen) atoms. The van der Waals surface area contributed by atoms with E-state index in [0.29, 0.717) is 56.4 Å². The molecule has 2 aliphatic heterocycles. The highest BCUT2D eigenvalue weighted by atomic mass is 16.5. The summed E-state index contributed by atoms with van der Waals surface area (Å²) >= 11 is 0. The van der Waals surface area contributed by atoms with Crippen LogP contribution in [0.2, 0.25) is 0 Å². The summed E-state index contributed by atoms with van der Waals surface area (Å²) < 4.78 is 10.7. The number of carbonyl (C=O) groups is 2. The molecule has 0 aromatic heterocycles. The van der Waals surface area contributed by atoms with Crippen molar-refractivity contribution in [1.29, 1.82) is 0 Å². The van der Waals surface area contributed by atoms with Gasteiger partial charge in [-0.2, -0.15) is 0 Å². The highest BCUT2D eigenvalue weighted by Crippen LogP contribution is 2.33. The highest BCUT2D eigenvalue weighted by Gasteiger charge is 2.41. The van der Waals surface area contributed by atoms with Crippen molar-refractivity contribution >= 4 is 23.5 Å². The van der Waals surface area contributed by atoms with Crippen LogP contribution in [0.4, 0.5) is 5.69 Å². The van der Waals surface area contributed by atoms with Crippen LogP contribution in [-0.2, 0) is 20.7 Å². The number of methoxy groups -OCH3 is 1. The average molecular weight is 436 g/mol. The highest BCUT2D eigenvalue weighted by molar-refractivity contribution is 6.22. The normalized spacial score (nSPS) is 19.1. The molecule has 1 saturated heterocycles. The molecular formula is C25H29N3O4. The van der Waals surface area contributed by atoms with Gasteiger partial charge in [0, 0.05) is 19.5 Å². The second-order valence-electron chi connectivity index (χ2n) is 7.99. The van der Waals surface area contributed by atoms with Crippen LogP contribution in [-0.4, -0.2) is 55.6 Å². The third-order valence-electron chi connectivity index (χ3n) is 5.97. The van der Waals surface area contributed by atoms with Crippen molar-refractivity contribution in [3.8, 4) is 5.75 Å². The Kier molecular flexibility index (Phi) is 6.73. The molecule has 1 fully saturated rings. The van der Waals surface area contributed by atoms with E-state index in [0.717, 1.165) is 5.56 Å². The van der Waals surface area contributed by atoms with Gasteiger partial charge in [0.15, 0.2) is 0 Å². The van der Waals surface area contributed by atoms with E-state index in [-0.39, 0.29) is 17.8 Å². The lowest BCUT2D eigenvalue weighted by Gasteiger charge is -2.35. The zero-order valence-electron chi connectivity index (χ0n) is 18.6. The van der Waals surface area contributed by atoms with Crippen LogP contribution in [0.5, 0.6) is 5.75 Å². The van der Waals surface area contributed by atoms with Crippen LogP contribution >= 0.6 is 0 Å². The fourth-order valence-electron chi connectivity index (χ4n) is 4.31. The van der Waals surface area contributed by atoms with E-state index in [1.807, 2.05) is 61.5 Å². The van der Waals surface area contributed by atoms with E-state index in [4.69, 9.17) is 14.5 Å². The number of para-hydroxylation sites is 2. The molecule has 1 amide bonds. The maximum absolute atomic E-state index is 13.5. The number of piperidine rings is 1. The van der Waals surface area contributed by atoms with Gasteiger partial charge in [0.25, 0.3) is 5.91 Å². The van der Waals surface area contributed by atoms with Crippen LogP contribution < -0.4 is 9.64 Å². The molecule has 2 aromatic rings. The van der Waals surface area contributed by atoms with Gasteiger partial charge in [0.2, 0.25) is 5.96 Å². The lowest BCUT2D eigenvalue weighted by Crippen LogP contribution is -2.48. The molecule has 1 unspecified atom stereocenters. The first-order chi connectivity index (χ1) is 15.6.